The maximum atomic E-state index is 5.76. The highest BCUT2D eigenvalue weighted by molar-refractivity contribution is 7.92. The van der Waals surface area contributed by atoms with Gasteiger partial charge in [-0.2, -0.15) is 0 Å². The molecule has 0 aliphatic carbocycles. The molecule has 0 aliphatic rings. The normalized spacial score (nSPS) is 13.2. The summed E-state index contributed by atoms with van der Waals surface area (Å²) in [5, 5.41) is 0. The highest BCUT2D eigenvalue weighted by Gasteiger charge is 2.15. The SMILES string of the molecule is CCCOSN(CC(C)c1ccccc1)OC(C)C. The molecular weight excluding hydrogens is 258 g/mol. The van der Waals surface area contributed by atoms with E-state index >= 15 is 0 Å². The topological polar surface area (TPSA) is 21.7 Å². The van der Waals surface area contributed by atoms with Crippen molar-refractivity contribution in [1.29, 1.82) is 0 Å². The van der Waals surface area contributed by atoms with Gasteiger partial charge in [0.2, 0.25) is 0 Å². The Hall–Kier alpha value is -0.550. The van der Waals surface area contributed by atoms with Crippen LogP contribution >= 0.6 is 12.2 Å². The van der Waals surface area contributed by atoms with Crippen molar-refractivity contribution in [2.24, 2.45) is 0 Å². The Bertz CT molecular complexity index is 332. The van der Waals surface area contributed by atoms with Crippen LogP contribution in [0.2, 0.25) is 0 Å². The van der Waals surface area contributed by atoms with Crippen molar-refractivity contribution in [3.63, 3.8) is 0 Å². The molecule has 0 saturated heterocycles. The van der Waals surface area contributed by atoms with Crippen molar-refractivity contribution in [1.82, 2.24) is 4.47 Å². The summed E-state index contributed by atoms with van der Waals surface area (Å²) in [7, 11) is 0. The predicted octanol–water partition coefficient (Wildman–Crippen LogP) is 4.42. The van der Waals surface area contributed by atoms with Crippen molar-refractivity contribution in [3.8, 4) is 0 Å². The van der Waals surface area contributed by atoms with E-state index < -0.39 is 0 Å². The van der Waals surface area contributed by atoms with E-state index in [1.165, 1.54) is 17.8 Å². The van der Waals surface area contributed by atoms with Crippen molar-refractivity contribution in [3.05, 3.63) is 35.9 Å². The molecule has 0 saturated carbocycles. The summed E-state index contributed by atoms with van der Waals surface area (Å²) in [6, 6.07) is 10.5. The fourth-order valence-electron chi connectivity index (χ4n) is 1.62. The first kappa shape index (κ1) is 16.5. The molecule has 0 bridgehead atoms. The maximum absolute atomic E-state index is 5.76. The lowest BCUT2D eigenvalue weighted by Crippen LogP contribution is -2.25. The van der Waals surface area contributed by atoms with Gasteiger partial charge in [0, 0.05) is 6.54 Å². The van der Waals surface area contributed by atoms with E-state index in [2.05, 4.69) is 38.1 Å². The fraction of sp³-hybridized carbons (Fsp3) is 0.600. The Morgan fingerprint density at radius 2 is 1.84 bits per heavy atom. The summed E-state index contributed by atoms with van der Waals surface area (Å²) in [5.74, 6) is 0.401. The maximum Gasteiger partial charge on any atom is 0.108 e. The van der Waals surface area contributed by atoms with Crippen LogP contribution in [0, 0.1) is 0 Å². The van der Waals surface area contributed by atoms with Gasteiger partial charge >= 0.3 is 0 Å². The first-order chi connectivity index (χ1) is 9.13. The van der Waals surface area contributed by atoms with Gasteiger partial charge in [-0.1, -0.05) is 44.2 Å². The lowest BCUT2D eigenvalue weighted by molar-refractivity contribution is -0.118. The molecule has 0 aliphatic heterocycles. The highest BCUT2D eigenvalue weighted by atomic mass is 32.2. The second-order valence-corrected chi connectivity index (χ2v) is 5.67. The average Bonchev–Trinajstić information content (AvgIpc) is 2.39. The zero-order valence-corrected chi connectivity index (χ0v) is 13.2. The molecule has 19 heavy (non-hydrogen) atoms. The lowest BCUT2D eigenvalue weighted by Gasteiger charge is -2.24. The van der Waals surface area contributed by atoms with Gasteiger partial charge in [-0.25, -0.2) is 0 Å². The lowest BCUT2D eigenvalue weighted by atomic mass is 10.0. The molecule has 0 radical (unpaired) electrons. The monoisotopic (exact) mass is 283 g/mol. The van der Waals surface area contributed by atoms with Crippen LogP contribution in [0.1, 0.15) is 45.6 Å². The largest absolute Gasteiger partial charge is 0.300 e. The van der Waals surface area contributed by atoms with Crippen LogP contribution in [0.15, 0.2) is 30.3 Å². The third-order valence-electron chi connectivity index (χ3n) is 2.54. The van der Waals surface area contributed by atoms with Gasteiger partial charge in [0.15, 0.2) is 0 Å². The second kappa shape index (κ2) is 9.37. The molecular formula is C15H25NO2S. The number of nitrogens with zero attached hydrogens (tertiary/aromatic N) is 1. The third kappa shape index (κ3) is 6.97. The van der Waals surface area contributed by atoms with Gasteiger partial charge < -0.3 is 0 Å². The first-order valence-corrected chi connectivity index (χ1v) is 7.62. The Labute approximate surface area is 121 Å². The molecule has 1 aromatic carbocycles. The van der Waals surface area contributed by atoms with Gasteiger partial charge in [-0.15, -0.1) is 4.47 Å². The molecule has 108 valence electrons. The Morgan fingerprint density at radius 1 is 1.16 bits per heavy atom. The van der Waals surface area contributed by atoms with Crippen LogP contribution in [0.5, 0.6) is 0 Å². The zero-order chi connectivity index (χ0) is 14.1. The van der Waals surface area contributed by atoms with Crippen molar-refractivity contribution in [2.75, 3.05) is 13.2 Å². The third-order valence-corrected chi connectivity index (χ3v) is 3.22. The summed E-state index contributed by atoms with van der Waals surface area (Å²) in [6.07, 6.45) is 1.16. The van der Waals surface area contributed by atoms with E-state index in [1.807, 2.05) is 24.4 Å². The average molecular weight is 283 g/mol. The van der Waals surface area contributed by atoms with E-state index in [0.717, 1.165) is 19.6 Å². The number of hydrogen-bond donors (Lipinski definition) is 0. The number of hydroxylamine groups is 1. The molecule has 3 nitrogen and oxygen atoms in total. The van der Waals surface area contributed by atoms with Crippen molar-refractivity contribution >= 4 is 12.2 Å². The van der Waals surface area contributed by atoms with Crippen molar-refractivity contribution < 1.29 is 9.02 Å². The van der Waals surface area contributed by atoms with Crippen LogP contribution in [-0.2, 0) is 9.02 Å². The van der Waals surface area contributed by atoms with Gasteiger partial charge in [0.25, 0.3) is 0 Å². The zero-order valence-electron chi connectivity index (χ0n) is 12.3. The van der Waals surface area contributed by atoms with Gasteiger partial charge in [-0.3, -0.25) is 9.02 Å². The van der Waals surface area contributed by atoms with E-state index in [-0.39, 0.29) is 6.10 Å². The fourth-order valence-corrected chi connectivity index (χ4v) is 2.47. The van der Waals surface area contributed by atoms with E-state index in [4.69, 9.17) is 9.02 Å². The molecule has 0 amide bonds. The molecule has 1 unspecified atom stereocenters. The summed E-state index contributed by atoms with van der Waals surface area (Å²) < 4.78 is 7.35. The standard InChI is InChI=1S/C15H25NO2S/c1-5-11-17-19-16(18-13(2)3)12-14(4)15-9-7-6-8-10-15/h6-10,13-14H,5,11-12H2,1-4H3. The first-order valence-electron chi connectivity index (χ1n) is 6.92. The number of benzene rings is 1. The molecule has 0 fully saturated rings. The van der Waals surface area contributed by atoms with E-state index in [9.17, 15) is 0 Å². The molecule has 1 rings (SSSR count). The smallest absolute Gasteiger partial charge is 0.108 e. The van der Waals surface area contributed by atoms with Crippen LogP contribution in [0.25, 0.3) is 0 Å². The van der Waals surface area contributed by atoms with Crippen LogP contribution < -0.4 is 0 Å². The molecule has 1 aromatic rings. The van der Waals surface area contributed by atoms with Crippen LogP contribution in [-0.4, -0.2) is 23.7 Å². The minimum atomic E-state index is 0.153. The summed E-state index contributed by atoms with van der Waals surface area (Å²) in [6.45, 7) is 9.90. The molecule has 0 heterocycles. The van der Waals surface area contributed by atoms with Gasteiger partial charge in [-0.05, 0) is 31.7 Å². The minimum Gasteiger partial charge on any atom is -0.300 e. The van der Waals surface area contributed by atoms with Crippen LogP contribution in [0.4, 0.5) is 0 Å². The predicted molar refractivity (Wildman–Crippen MR) is 81.6 cm³/mol. The van der Waals surface area contributed by atoms with Crippen molar-refractivity contribution in [2.45, 2.75) is 46.1 Å². The summed E-state index contributed by atoms with van der Waals surface area (Å²) >= 11 is 1.31. The molecule has 0 aromatic heterocycles. The Morgan fingerprint density at radius 3 is 2.42 bits per heavy atom. The molecule has 0 spiro atoms. The molecule has 0 N–H and O–H groups in total. The van der Waals surface area contributed by atoms with E-state index in [0.29, 0.717) is 5.92 Å². The molecule has 4 heteroatoms. The Balaban J connectivity index is 2.50. The highest BCUT2D eigenvalue weighted by Crippen LogP contribution is 2.22. The van der Waals surface area contributed by atoms with Gasteiger partial charge in [0.1, 0.15) is 12.2 Å². The summed E-state index contributed by atoms with van der Waals surface area (Å²) in [5.41, 5.74) is 1.32. The van der Waals surface area contributed by atoms with E-state index in [1.54, 1.807) is 0 Å². The summed E-state index contributed by atoms with van der Waals surface area (Å²) in [4.78, 5) is 5.76. The molecule has 1 atom stereocenters. The van der Waals surface area contributed by atoms with Gasteiger partial charge in [0.05, 0.1) is 12.7 Å². The quantitative estimate of drug-likeness (QED) is 0.289. The number of rotatable bonds is 9. The second-order valence-electron chi connectivity index (χ2n) is 4.88. The minimum absolute atomic E-state index is 0.153. The Kier molecular flexibility index (Phi) is 8.14. The number of hydrogen-bond acceptors (Lipinski definition) is 4. The van der Waals surface area contributed by atoms with Crippen LogP contribution in [0.3, 0.4) is 0 Å².